The van der Waals surface area contributed by atoms with Crippen molar-refractivity contribution in [3.63, 3.8) is 0 Å². The molecule has 0 aliphatic carbocycles. The number of nitrogens with zero attached hydrogens (tertiary/aromatic N) is 1. The van der Waals surface area contributed by atoms with E-state index in [4.69, 9.17) is 0 Å². The van der Waals surface area contributed by atoms with Gasteiger partial charge in [0.05, 0.1) is 5.52 Å². The van der Waals surface area contributed by atoms with Crippen LogP contribution in [0.4, 0.5) is 0 Å². The van der Waals surface area contributed by atoms with Gasteiger partial charge in [0, 0.05) is 17.5 Å². The fourth-order valence-electron chi connectivity index (χ4n) is 2.40. The molecule has 1 heteroatoms. The highest BCUT2D eigenvalue weighted by molar-refractivity contribution is 5.82. The van der Waals surface area contributed by atoms with Gasteiger partial charge in [0.25, 0.3) is 0 Å². The van der Waals surface area contributed by atoms with Gasteiger partial charge in [-0.3, -0.25) is 4.98 Å². The molecule has 1 nitrogen and oxygen atoms in total. The molecule has 0 N–H and O–H groups in total. The number of hydrogen-bond acceptors (Lipinski definition) is 1. The predicted molar refractivity (Wildman–Crippen MR) is 75.7 cm³/mol. The lowest BCUT2D eigenvalue weighted by Gasteiger charge is -2.14. The smallest absolute Gasteiger partial charge is 0.0740 e. The van der Waals surface area contributed by atoms with Crippen LogP contribution in [0.3, 0.4) is 0 Å². The molecule has 1 heterocycles. The molecule has 1 unspecified atom stereocenters. The minimum Gasteiger partial charge on any atom is -0.256 e. The second-order valence-corrected chi connectivity index (χ2v) is 4.55. The Balaban J connectivity index is 2.15. The highest BCUT2D eigenvalue weighted by Crippen LogP contribution is 2.28. The van der Waals surface area contributed by atoms with Gasteiger partial charge in [-0.25, -0.2) is 0 Å². The Morgan fingerprint density at radius 2 is 1.61 bits per heavy atom. The van der Waals surface area contributed by atoms with Gasteiger partial charge in [-0.1, -0.05) is 61.5 Å². The summed E-state index contributed by atoms with van der Waals surface area (Å²) in [4.78, 5) is 4.53. The zero-order valence-corrected chi connectivity index (χ0v) is 10.4. The highest BCUT2D eigenvalue weighted by Gasteiger charge is 2.11. The van der Waals surface area contributed by atoms with Crippen LogP contribution in [0.2, 0.25) is 0 Å². The number of aromatic nitrogens is 1. The van der Waals surface area contributed by atoms with Crippen LogP contribution in [-0.2, 0) is 0 Å². The molecule has 0 amide bonds. The van der Waals surface area contributed by atoms with Crippen molar-refractivity contribution in [3.8, 4) is 0 Å². The van der Waals surface area contributed by atoms with Gasteiger partial charge < -0.3 is 0 Å². The van der Waals surface area contributed by atoms with Crippen molar-refractivity contribution in [1.29, 1.82) is 0 Å². The first-order valence-corrected chi connectivity index (χ1v) is 6.25. The van der Waals surface area contributed by atoms with Gasteiger partial charge in [-0.05, 0) is 17.2 Å². The highest BCUT2D eigenvalue weighted by atomic mass is 14.6. The number of hydrogen-bond donors (Lipinski definition) is 0. The van der Waals surface area contributed by atoms with E-state index in [1.165, 1.54) is 16.5 Å². The van der Waals surface area contributed by atoms with Gasteiger partial charge in [0.1, 0.15) is 0 Å². The van der Waals surface area contributed by atoms with Crippen molar-refractivity contribution >= 4 is 10.9 Å². The Morgan fingerprint density at radius 3 is 2.44 bits per heavy atom. The normalized spacial score (nSPS) is 12.5. The molecule has 88 valence electrons. The molecule has 0 radical (unpaired) electrons. The van der Waals surface area contributed by atoms with Crippen LogP contribution >= 0.6 is 0 Å². The minimum atomic E-state index is 0.366. The SMILES string of the molecule is CC(c1ccccc1)c1cccc2cccnc12. The zero-order valence-electron chi connectivity index (χ0n) is 10.4. The molecule has 18 heavy (non-hydrogen) atoms. The number of pyridine rings is 1. The molecular formula is C17H15N. The van der Waals surface area contributed by atoms with Crippen LogP contribution < -0.4 is 0 Å². The number of benzene rings is 2. The molecule has 3 rings (SSSR count). The maximum Gasteiger partial charge on any atom is 0.0740 e. The molecule has 1 aromatic heterocycles. The Kier molecular flexibility index (Phi) is 2.81. The third-order valence-corrected chi connectivity index (χ3v) is 3.43. The van der Waals surface area contributed by atoms with Gasteiger partial charge in [-0.15, -0.1) is 0 Å². The lowest BCUT2D eigenvalue weighted by atomic mass is 9.91. The van der Waals surface area contributed by atoms with Crippen LogP contribution in [0, 0.1) is 0 Å². The van der Waals surface area contributed by atoms with Crippen molar-refractivity contribution in [2.75, 3.05) is 0 Å². The summed E-state index contributed by atoms with van der Waals surface area (Å²) in [6.07, 6.45) is 1.86. The van der Waals surface area contributed by atoms with Crippen LogP contribution in [-0.4, -0.2) is 4.98 Å². The van der Waals surface area contributed by atoms with Gasteiger partial charge >= 0.3 is 0 Å². The van der Waals surface area contributed by atoms with E-state index >= 15 is 0 Å². The average Bonchev–Trinajstić information content (AvgIpc) is 2.47. The summed E-state index contributed by atoms with van der Waals surface area (Å²) in [6, 6.07) is 21.1. The molecule has 0 fully saturated rings. The van der Waals surface area contributed by atoms with E-state index in [2.05, 4.69) is 66.5 Å². The summed E-state index contributed by atoms with van der Waals surface area (Å²) >= 11 is 0. The Morgan fingerprint density at radius 1 is 0.833 bits per heavy atom. The van der Waals surface area contributed by atoms with Crippen LogP contribution in [0.1, 0.15) is 24.0 Å². The first-order chi connectivity index (χ1) is 8.86. The fraction of sp³-hybridized carbons (Fsp3) is 0.118. The summed E-state index contributed by atoms with van der Waals surface area (Å²) in [5.74, 6) is 0.366. The van der Waals surface area contributed by atoms with E-state index in [1.54, 1.807) is 0 Å². The van der Waals surface area contributed by atoms with Gasteiger partial charge in [0.15, 0.2) is 0 Å². The average molecular weight is 233 g/mol. The number of para-hydroxylation sites is 1. The molecular weight excluding hydrogens is 218 g/mol. The first-order valence-electron chi connectivity index (χ1n) is 6.25. The van der Waals surface area contributed by atoms with E-state index in [1.807, 2.05) is 12.3 Å². The molecule has 0 saturated heterocycles. The second kappa shape index (κ2) is 4.61. The molecule has 0 saturated carbocycles. The van der Waals surface area contributed by atoms with Crippen molar-refractivity contribution < 1.29 is 0 Å². The van der Waals surface area contributed by atoms with E-state index < -0.39 is 0 Å². The maximum atomic E-state index is 4.53. The zero-order chi connectivity index (χ0) is 12.4. The second-order valence-electron chi connectivity index (χ2n) is 4.55. The molecule has 2 aromatic carbocycles. The van der Waals surface area contributed by atoms with Crippen molar-refractivity contribution in [2.24, 2.45) is 0 Å². The standard InChI is InChI=1S/C17H15N/c1-13(14-7-3-2-4-8-14)16-11-5-9-15-10-6-12-18-17(15)16/h2-13H,1H3. The summed E-state index contributed by atoms with van der Waals surface area (Å²) in [5.41, 5.74) is 3.73. The summed E-state index contributed by atoms with van der Waals surface area (Å²) in [5, 5.41) is 1.21. The monoisotopic (exact) mass is 233 g/mol. The quantitative estimate of drug-likeness (QED) is 0.639. The third-order valence-electron chi connectivity index (χ3n) is 3.43. The molecule has 1 atom stereocenters. The summed E-state index contributed by atoms with van der Waals surface area (Å²) in [7, 11) is 0. The minimum absolute atomic E-state index is 0.366. The van der Waals surface area contributed by atoms with E-state index in [9.17, 15) is 0 Å². The Bertz CT molecular complexity index is 653. The van der Waals surface area contributed by atoms with Crippen molar-refractivity contribution in [2.45, 2.75) is 12.8 Å². The lowest BCUT2D eigenvalue weighted by Crippen LogP contribution is -1.97. The summed E-state index contributed by atoms with van der Waals surface area (Å²) in [6.45, 7) is 2.23. The molecule has 3 aromatic rings. The topological polar surface area (TPSA) is 12.9 Å². The lowest BCUT2D eigenvalue weighted by molar-refractivity contribution is 0.928. The predicted octanol–water partition coefficient (Wildman–Crippen LogP) is 4.39. The van der Waals surface area contributed by atoms with Crippen molar-refractivity contribution in [1.82, 2.24) is 4.98 Å². The molecule has 0 bridgehead atoms. The first kappa shape index (κ1) is 11.0. The van der Waals surface area contributed by atoms with E-state index in [0.29, 0.717) is 5.92 Å². The van der Waals surface area contributed by atoms with E-state index in [-0.39, 0.29) is 0 Å². The third kappa shape index (κ3) is 1.88. The Hall–Kier alpha value is -2.15. The van der Waals surface area contributed by atoms with Crippen LogP contribution in [0.5, 0.6) is 0 Å². The summed E-state index contributed by atoms with van der Waals surface area (Å²) < 4.78 is 0. The Labute approximate surface area is 107 Å². The number of rotatable bonds is 2. The van der Waals surface area contributed by atoms with Gasteiger partial charge in [-0.2, -0.15) is 0 Å². The fourth-order valence-corrected chi connectivity index (χ4v) is 2.40. The molecule has 0 spiro atoms. The maximum absolute atomic E-state index is 4.53. The van der Waals surface area contributed by atoms with E-state index in [0.717, 1.165) is 5.52 Å². The molecule has 0 aliphatic heterocycles. The largest absolute Gasteiger partial charge is 0.256 e. The van der Waals surface area contributed by atoms with Crippen LogP contribution in [0.25, 0.3) is 10.9 Å². The number of fused-ring (bicyclic) bond motifs is 1. The van der Waals surface area contributed by atoms with Crippen molar-refractivity contribution in [3.05, 3.63) is 78.0 Å². The van der Waals surface area contributed by atoms with Crippen LogP contribution in [0.15, 0.2) is 66.9 Å². The molecule has 0 aliphatic rings. The van der Waals surface area contributed by atoms with Gasteiger partial charge in [0.2, 0.25) is 0 Å².